The SMILES string of the molecule is CCCCCCCCC1CC(C(C)C)CCC1O. The monoisotopic (exact) mass is 254 g/mol. The largest absolute Gasteiger partial charge is 0.393 e. The summed E-state index contributed by atoms with van der Waals surface area (Å²) in [6.45, 7) is 6.94. The fourth-order valence-electron chi connectivity index (χ4n) is 3.39. The normalized spacial score (nSPS) is 28.8. The summed E-state index contributed by atoms with van der Waals surface area (Å²) in [6, 6.07) is 0. The van der Waals surface area contributed by atoms with Crippen molar-refractivity contribution >= 4 is 0 Å². The Kier molecular flexibility index (Phi) is 7.97. The second kappa shape index (κ2) is 8.96. The van der Waals surface area contributed by atoms with Crippen LogP contribution in [0.15, 0.2) is 0 Å². The Morgan fingerprint density at radius 1 is 1.00 bits per heavy atom. The quantitative estimate of drug-likeness (QED) is 0.592. The van der Waals surface area contributed by atoms with E-state index in [0.717, 1.165) is 18.3 Å². The maximum Gasteiger partial charge on any atom is 0.0568 e. The lowest BCUT2D eigenvalue weighted by molar-refractivity contribution is 0.0324. The molecule has 0 amide bonds. The first-order valence-corrected chi connectivity index (χ1v) is 8.33. The average molecular weight is 254 g/mol. The van der Waals surface area contributed by atoms with Crippen LogP contribution in [0.3, 0.4) is 0 Å². The molecule has 3 unspecified atom stereocenters. The first kappa shape index (κ1) is 16.0. The van der Waals surface area contributed by atoms with Gasteiger partial charge >= 0.3 is 0 Å². The fourth-order valence-corrected chi connectivity index (χ4v) is 3.39. The number of unbranched alkanes of at least 4 members (excludes halogenated alkanes) is 5. The zero-order valence-electron chi connectivity index (χ0n) is 12.8. The minimum absolute atomic E-state index is 0.00404. The topological polar surface area (TPSA) is 20.2 Å². The van der Waals surface area contributed by atoms with E-state index in [0.29, 0.717) is 5.92 Å². The minimum Gasteiger partial charge on any atom is -0.393 e. The van der Waals surface area contributed by atoms with Crippen LogP contribution in [-0.4, -0.2) is 11.2 Å². The molecule has 0 aliphatic heterocycles. The highest BCUT2D eigenvalue weighted by Gasteiger charge is 2.29. The van der Waals surface area contributed by atoms with Gasteiger partial charge in [-0.05, 0) is 43.4 Å². The molecule has 0 saturated heterocycles. The summed E-state index contributed by atoms with van der Waals surface area (Å²) in [5.74, 6) is 2.25. The van der Waals surface area contributed by atoms with Gasteiger partial charge in [-0.3, -0.25) is 0 Å². The van der Waals surface area contributed by atoms with Gasteiger partial charge in [0.15, 0.2) is 0 Å². The smallest absolute Gasteiger partial charge is 0.0568 e. The molecule has 1 rings (SSSR count). The van der Waals surface area contributed by atoms with Gasteiger partial charge in [0, 0.05) is 0 Å². The summed E-state index contributed by atoms with van der Waals surface area (Å²) in [5, 5.41) is 10.1. The van der Waals surface area contributed by atoms with Gasteiger partial charge in [0.1, 0.15) is 0 Å². The summed E-state index contributed by atoms with van der Waals surface area (Å²) in [5.41, 5.74) is 0. The van der Waals surface area contributed by atoms with Gasteiger partial charge in [0.05, 0.1) is 6.10 Å². The molecule has 1 heteroatoms. The van der Waals surface area contributed by atoms with Gasteiger partial charge in [-0.2, -0.15) is 0 Å². The molecule has 0 aromatic heterocycles. The Balaban J connectivity index is 2.15. The number of rotatable bonds is 8. The van der Waals surface area contributed by atoms with Crippen molar-refractivity contribution in [3.63, 3.8) is 0 Å². The van der Waals surface area contributed by atoms with Crippen molar-refractivity contribution in [2.45, 2.75) is 91.1 Å². The molecule has 0 spiro atoms. The van der Waals surface area contributed by atoms with Gasteiger partial charge in [-0.25, -0.2) is 0 Å². The third-order valence-electron chi connectivity index (χ3n) is 4.85. The molecule has 1 saturated carbocycles. The lowest BCUT2D eigenvalue weighted by atomic mass is 9.73. The molecule has 0 aromatic rings. The first-order valence-electron chi connectivity index (χ1n) is 8.33. The van der Waals surface area contributed by atoms with Gasteiger partial charge in [-0.15, -0.1) is 0 Å². The van der Waals surface area contributed by atoms with Crippen LogP contribution in [0.25, 0.3) is 0 Å². The van der Waals surface area contributed by atoms with Crippen molar-refractivity contribution in [2.24, 2.45) is 17.8 Å². The number of aliphatic hydroxyl groups excluding tert-OH is 1. The summed E-state index contributed by atoms with van der Waals surface area (Å²) < 4.78 is 0. The van der Waals surface area contributed by atoms with E-state index >= 15 is 0 Å². The predicted octanol–water partition coefficient (Wildman–Crippen LogP) is 5.17. The summed E-state index contributed by atoms with van der Waals surface area (Å²) in [4.78, 5) is 0. The standard InChI is InChI=1S/C17H34O/c1-4-5-6-7-8-9-10-16-13-15(14(2)3)11-12-17(16)18/h14-18H,4-13H2,1-3H3. The van der Waals surface area contributed by atoms with Crippen molar-refractivity contribution in [1.29, 1.82) is 0 Å². The lowest BCUT2D eigenvalue weighted by Crippen LogP contribution is -2.31. The van der Waals surface area contributed by atoms with Crippen molar-refractivity contribution in [3.8, 4) is 0 Å². The summed E-state index contributed by atoms with van der Waals surface area (Å²) in [7, 11) is 0. The molecule has 18 heavy (non-hydrogen) atoms. The highest BCUT2D eigenvalue weighted by molar-refractivity contribution is 4.81. The molecular weight excluding hydrogens is 220 g/mol. The molecular formula is C17H34O. The van der Waals surface area contributed by atoms with Gasteiger partial charge in [-0.1, -0.05) is 59.3 Å². The van der Waals surface area contributed by atoms with Gasteiger partial charge in [0.2, 0.25) is 0 Å². The molecule has 1 fully saturated rings. The van der Waals surface area contributed by atoms with Crippen LogP contribution < -0.4 is 0 Å². The molecule has 1 N–H and O–H groups in total. The summed E-state index contributed by atoms with van der Waals surface area (Å²) in [6.07, 6.45) is 13.0. The Hall–Kier alpha value is -0.0400. The third kappa shape index (κ3) is 5.73. The number of hydrogen-bond acceptors (Lipinski definition) is 1. The molecule has 1 aliphatic rings. The van der Waals surface area contributed by atoms with Gasteiger partial charge < -0.3 is 5.11 Å². The molecule has 0 bridgehead atoms. The van der Waals surface area contributed by atoms with Crippen LogP contribution in [0.2, 0.25) is 0 Å². The fraction of sp³-hybridized carbons (Fsp3) is 1.00. The zero-order chi connectivity index (χ0) is 13.4. The van der Waals surface area contributed by atoms with Crippen LogP contribution in [0.1, 0.15) is 85.0 Å². The van der Waals surface area contributed by atoms with E-state index in [9.17, 15) is 5.11 Å². The predicted molar refractivity (Wildman–Crippen MR) is 79.7 cm³/mol. The van der Waals surface area contributed by atoms with E-state index in [2.05, 4.69) is 20.8 Å². The van der Waals surface area contributed by atoms with Crippen molar-refractivity contribution in [2.75, 3.05) is 0 Å². The van der Waals surface area contributed by atoms with E-state index < -0.39 is 0 Å². The van der Waals surface area contributed by atoms with Crippen LogP contribution in [0.4, 0.5) is 0 Å². The first-order chi connectivity index (χ1) is 8.65. The molecule has 1 aliphatic carbocycles. The van der Waals surface area contributed by atoms with E-state index in [-0.39, 0.29) is 6.10 Å². The lowest BCUT2D eigenvalue weighted by Gasteiger charge is -2.35. The molecule has 0 radical (unpaired) electrons. The van der Waals surface area contributed by atoms with E-state index in [1.54, 1.807) is 0 Å². The summed E-state index contributed by atoms with van der Waals surface area (Å²) >= 11 is 0. The van der Waals surface area contributed by atoms with Crippen LogP contribution >= 0.6 is 0 Å². The molecule has 0 aromatic carbocycles. The van der Waals surface area contributed by atoms with Crippen LogP contribution in [-0.2, 0) is 0 Å². The minimum atomic E-state index is -0.00404. The number of aliphatic hydroxyl groups is 1. The zero-order valence-corrected chi connectivity index (χ0v) is 12.8. The Morgan fingerprint density at radius 3 is 2.33 bits per heavy atom. The maximum atomic E-state index is 10.1. The third-order valence-corrected chi connectivity index (χ3v) is 4.85. The van der Waals surface area contributed by atoms with E-state index in [1.165, 1.54) is 57.8 Å². The molecule has 1 nitrogen and oxygen atoms in total. The van der Waals surface area contributed by atoms with Gasteiger partial charge in [0.25, 0.3) is 0 Å². The second-order valence-corrected chi connectivity index (χ2v) is 6.70. The Bertz CT molecular complexity index is 200. The highest BCUT2D eigenvalue weighted by Crippen LogP contribution is 2.36. The average Bonchev–Trinajstić information content (AvgIpc) is 2.35. The Morgan fingerprint density at radius 2 is 1.67 bits per heavy atom. The molecule has 3 atom stereocenters. The van der Waals surface area contributed by atoms with Crippen LogP contribution in [0.5, 0.6) is 0 Å². The van der Waals surface area contributed by atoms with Crippen molar-refractivity contribution < 1.29 is 5.11 Å². The van der Waals surface area contributed by atoms with Crippen LogP contribution in [0, 0.1) is 17.8 Å². The van der Waals surface area contributed by atoms with E-state index in [1.807, 2.05) is 0 Å². The molecule has 0 heterocycles. The maximum absolute atomic E-state index is 10.1. The molecule has 108 valence electrons. The van der Waals surface area contributed by atoms with E-state index in [4.69, 9.17) is 0 Å². The number of hydrogen-bond donors (Lipinski definition) is 1. The Labute approximate surface area is 114 Å². The van der Waals surface area contributed by atoms with Crippen molar-refractivity contribution in [3.05, 3.63) is 0 Å². The highest BCUT2D eigenvalue weighted by atomic mass is 16.3. The van der Waals surface area contributed by atoms with Crippen molar-refractivity contribution in [1.82, 2.24) is 0 Å². The second-order valence-electron chi connectivity index (χ2n) is 6.70.